The van der Waals surface area contributed by atoms with Crippen molar-refractivity contribution < 1.29 is 4.79 Å². The summed E-state index contributed by atoms with van der Waals surface area (Å²) in [6.07, 6.45) is 6.51. The van der Waals surface area contributed by atoms with Gasteiger partial charge in [-0.05, 0) is 43.4 Å². The summed E-state index contributed by atoms with van der Waals surface area (Å²) >= 11 is 0. The number of Topliss-reactive ketones (excluding diaryl/α,β-unsaturated/α-hetero) is 1. The van der Waals surface area contributed by atoms with Crippen LogP contribution in [0.4, 0.5) is 0 Å². The SMILES string of the molecule is O=C1C[C@H]2C3CCC(CC3)[C@@H]12. The molecule has 1 nitrogen and oxygen atoms in total. The average molecular weight is 150 g/mol. The quantitative estimate of drug-likeness (QED) is 0.516. The minimum atomic E-state index is 0.544. The summed E-state index contributed by atoms with van der Waals surface area (Å²) in [6, 6.07) is 0. The van der Waals surface area contributed by atoms with E-state index in [-0.39, 0.29) is 0 Å². The van der Waals surface area contributed by atoms with Gasteiger partial charge >= 0.3 is 0 Å². The molecule has 4 aliphatic rings. The highest BCUT2D eigenvalue weighted by Crippen LogP contribution is 2.55. The Labute approximate surface area is 67.2 Å². The van der Waals surface area contributed by atoms with Crippen molar-refractivity contribution in [3.05, 3.63) is 0 Å². The van der Waals surface area contributed by atoms with Crippen LogP contribution in [0.15, 0.2) is 0 Å². The molecule has 4 aliphatic carbocycles. The van der Waals surface area contributed by atoms with Crippen LogP contribution in [0, 0.1) is 23.7 Å². The van der Waals surface area contributed by atoms with E-state index in [1.165, 1.54) is 25.7 Å². The molecule has 11 heavy (non-hydrogen) atoms. The highest BCUT2D eigenvalue weighted by Gasteiger charge is 2.53. The Bertz CT molecular complexity index is 199. The van der Waals surface area contributed by atoms with Gasteiger partial charge < -0.3 is 0 Å². The second-order valence-electron chi connectivity index (χ2n) is 4.53. The zero-order valence-corrected chi connectivity index (χ0v) is 6.75. The first-order valence-electron chi connectivity index (χ1n) is 4.89. The van der Waals surface area contributed by atoms with Crippen molar-refractivity contribution in [1.82, 2.24) is 0 Å². The van der Waals surface area contributed by atoms with Crippen molar-refractivity contribution in [3.8, 4) is 0 Å². The van der Waals surface area contributed by atoms with Crippen molar-refractivity contribution >= 4 is 5.78 Å². The third-order valence-electron chi connectivity index (χ3n) is 4.20. The van der Waals surface area contributed by atoms with Crippen LogP contribution in [0.3, 0.4) is 0 Å². The zero-order valence-electron chi connectivity index (χ0n) is 6.75. The first kappa shape index (κ1) is 6.22. The summed E-state index contributed by atoms with van der Waals surface area (Å²) in [6.45, 7) is 0. The van der Waals surface area contributed by atoms with E-state index in [4.69, 9.17) is 0 Å². The number of carbonyl (C=O) groups is 1. The van der Waals surface area contributed by atoms with Crippen LogP contribution >= 0.6 is 0 Å². The summed E-state index contributed by atoms with van der Waals surface area (Å²) in [5.74, 6) is 3.73. The summed E-state index contributed by atoms with van der Waals surface area (Å²) in [4.78, 5) is 11.3. The number of fused-ring (bicyclic) bond motifs is 2. The predicted molar refractivity (Wildman–Crippen MR) is 42.1 cm³/mol. The third-order valence-corrected chi connectivity index (χ3v) is 4.20. The average Bonchev–Trinajstić information content (AvgIpc) is 2.03. The molecule has 0 unspecified atom stereocenters. The molecule has 0 aliphatic heterocycles. The van der Waals surface area contributed by atoms with Crippen molar-refractivity contribution in [2.24, 2.45) is 23.7 Å². The molecular formula is C10H14O. The van der Waals surface area contributed by atoms with Gasteiger partial charge in [-0.1, -0.05) is 0 Å². The Hall–Kier alpha value is -0.330. The van der Waals surface area contributed by atoms with Gasteiger partial charge in [0.15, 0.2) is 0 Å². The summed E-state index contributed by atoms with van der Waals surface area (Å²) in [7, 11) is 0. The van der Waals surface area contributed by atoms with Gasteiger partial charge in [-0.15, -0.1) is 0 Å². The maximum absolute atomic E-state index is 11.3. The van der Waals surface area contributed by atoms with Crippen molar-refractivity contribution in [2.75, 3.05) is 0 Å². The van der Waals surface area contributed by atoms with E-state index in [1.807, 2.05) is 0 Å². The van der Waals surface area contributed by atoms with Gasteiger partial charge in [0.1, 0.15) is 5.78 Å². The molecule has 1 heteroatoms. The van der Waals surface area contributed by atoms with Crippen LogP contribution < -0.4 is 0 Å². The fraction of sp³-hybridized carbons (Fsp3) is 0.900. The highest BCUT2D eigenvalue weighted by molar-refractivity contribution is 5.88. The number of carbonyl (C=O) groups excluding carboxylic acids is 1. The lowest BCUT2D eigenvalue weighted by atomic mass is 9.50. The van der Waals surface area contributed by atoms with Crippen LogP contribution in [0.5, 0.6) is 0 Å². The lowest BCUT2D eigenvalue weighted by molar-refractivity contribution is -0.149. The Kier molecular flexibility index (Phi) is 1.06. The Morgan fingerprint density at radius 3 is 2.09 bits per heavy atom. The second kappa shape index (κ2) is 1.88. The lowest BCUT2D eigenvalue weighted by Crippen LogP contribution is -2.52. The number of hydrogen-bond acceptors (Lipinski definition) is 1. The van der Waals surface area contributed by atoms with E-state index in [9.17, 15) is 4.79 Å². The number of ketones is 1. The van der Waals surface area contributed by atoms with Crippen LogP contribution in [0.2, 0.25) is 0 Å². The normalized spacial score (nSPS) is 53.6. The van der Waals surface area contributed by atoms with E-state index in [0.29, 0.717) is 11.7 Å². The van der Waals surface area contributed by atoms with Gasteiger partial charge in [0.05, 0.1) is 0 Å². The van der Waals surface area contributed by atoms with Crippen LogP contribution in [0.25, 0.3) is 0 Å². The molecule has 2 bridgehead atoms. The smallest absolute Gasteiger partial charge is 0.136 e. The molecule has 2 atom stereocenters. The molecule has 0 amide bonds. The fourth-order valence-corrected chi connectivity index (χ4v) is 3.58. The van der Waals surface area contributed by atoms with Crippen molar-refractivity contribution in [3.63, 3.8) is 0 Å². The molecule has 0 heterocycles. The highest BCUT2D eigenvalue weighted by atomic mass is 16.1. The summed E-state index contributed by atoms with van der Waals surface area (Å²) in [5.41, 5.74) is 0. The lowest BCUT2D eigenvalue weighted by Gasteiger charge is -2.53. The number of rotatable bonds is 0. The van der Waals surface area contributed by atoms with Gasteiger partial charge in [0.2, 0.25) is 0 Å². The molecule has 0 aromatic heterocycles. The molecular weight excluding hydrogens is 136 g/mol. The van der Waals surface area contributed by atoms with Crippen LogP contribution in [0.1, 0.15) is 32.1 Å². The minimum absolute atomic E-state index is 0.544. The molecule has 0 saturated heterocycles. The summed E-state index contributed by atoms with van der Waals surface area (Å²) in [5, 5.41) is 0. The minimum Gasteiger partial charge on any atom is -0.299 e. The Balaban J connectivity index is 1.91. The maximum Gasteiger partial charge on any atom is 0.136 e. The van der Waals surface area contributed by atoms with Gasteiger partial charge in [0.25, 0.3) is 0 Å². The first-order valence-corrected chi connectivity index (χ1v) is 4.89. The predicted octanol–water partition coefficient (Wildman–Crippen LogP) is 2.01. The molecule has 0 aromatic rings. The van der Waals surface area contributed by atoms with Crippen molar-refractivity contribution in [1.29, 1.82) is 0 Å². The molecule has 4 saturated carbocycles. The van der Waals surface area contributed by atoms with E-state index in [1.54, 1.807) is 0 Å². The molecule has 0 spiro atoms. The molecule has 4 rings (SSSR count). The zero-order chi connectivity index (χ0) is 7.42. The second-order valence-corrected chi connectivity index (χ2v) is 4.53. The molecule has 60 valence electrons. The van der Waals surface area contributed by atoms with Gasteiger partial charge in [-0.25, -0.2) is 0 Å². The monoisotopic (exact) mass is 150 g/mol. The van der Waals surface area contributed by atoms with Gasteiger partial charge in [-0.2, -0.15) is 0 Å². The Morgan fingerprint density at radius 2 is 1.64 bits per heavy atom. The van der Waals surface area contributed by atoms with E-state index in [2.05, 4.69) is 0 Å². The van der Waals surface area contributed by atoms with Crippen LogP contribution in [-0.4, -0.2) is 5.78 Å². The van der Waals surface area contributed by atoms with E-state index < -0.39 is 0 Å². The molecule has 4 fully saturated rings. The van der Waals surface area contributed by atoms with E-state index >= 15 is 0 Å². The van der Waals surface area contributed by atoms with Gasteiger partial charge in [-0.3, -0.25) is 4.79 Å². The van der Waals surface area contributed by atoms with Gasteiger partial charge in [0, 0.05) is 12.3 Å². The van der Waals surface area contributed by atoms with Crippen molar-refractivity contribution in [2.45, 2.75) is 32.1 Å². The maximum atomic E-state index is 11.3. The standard InChI is InChI=1S/C10H14O/c11-9-5-8-6-1-3-7(4-2-6)10(8)9/h6-8,10H,1-5H2/t6?,7?,8-,10+/m0/s1. The molecule has 0 N–H and O–H groups in total. The molecule has 0 aromatic carbocycles. The Morgan fingerprint density at radius 1 is 1.00 bits per heavy atom. The largest absolute Gasteiger partial charge is 0.299 e. The fourth-order valence-electron chi connectivity index (χ4n) is 3.58. The van der Waals surface area contributed by atoms with E-state index in [0.717, 1.165) is 24.2 Å². The summed E-state index contributed by atoms with van der Waals surface area (Å²) < 4.78 is 0. The topological polar surface area (TPSA) is 17.1 Å². The third kappa shape index (κ3) is 0.646. The van der Waals surface area contributed by atoms with Crippen LogP contribution in [-0.2, 0) is 4.79 Å². The molecule has 0 radical (unpaired) electrons. The number of hydrogen-bond donors (Lipinski definition) is 0. The first-order chi connectivity index (χ1) is 5.36.